The number of hydrogen-bond donors (Lipinski definition) is 3. The summed E-state index contributed by atoms with van der Waals surface area (Å²) >= 11 is 0. The van der Waals surface area contributed by atoms with Crippen LogP contribution in [0.3, 0.4) is 0 Å². The van der Waals surface area contributed by atoms with Crippen molar-refractivity contribution in [2.24, 2.45) is 0 Å². The van der Waals surface area contributed by atoms with E-state index in [4.69, 9.17) is 14.6 Å². The molecular weight excluding hydrogens is 432 g/mol. The molecule has 0 aliphatic heterocycles. The van der Waals surface area contributed by atoms with Gasteiger partial charge in [-0.25, -0.2) is 0 Å². The van der Waals surface area contributed by atoms with Crippen LogP contribution < -0.4 is 0 Å². The minimum absolute atomic E-state index is 0.0351. The third kappa shape index (κ3) is 24.4. The minimum atomic E-state index is -0.991. The molecule has 0 rings (SSSR count). The van der Waals surface area contributed by atoms with Crippen LogP contribution in [0.2, 0.25) is 0 Å². The molecule has 204 valence electrons. The first-order chi connectivity index (χ1) is 16.6. The van der Waals surface area contributed by atoms with Crippen LogP contribution in [0, 0.1) is 0 Å². The van der Waals surface area contributed by atoms with Crippen LogP contribution in [0.5, 0.6) is 0 Å². The van der Waals surface area contributed by atoms with Gasteiger partial charge >= 0.3 is 5.97 Å². The lowest BCUT2D eigenvalue weighted by molar-refractivity contribution is -0.150. The summed E-state index contributed by atoms with van der Waals surface area (Å²) in [5.41, 5.74) is 0. The summed E-state index contributed by atoms with van der Waals surface area (Å²) in [6.07, 6.45) is 23.9. The Kier molecular flexibility index (Phi) is 26.4. The fourth-order valence-corrected chi connectivity index (χ4v) is 4.06. The number of carbonyl (C=O) groups is 1. The largest absolute Gasteiger partial charge is 0.463 e. The number of aliphatic hydroxyl groups is 3. The van der Waals surface area contributed by atoms with Crippen molar-refractivity contribution in [3.8, 4) is 0 Å². The van der Waals surface area contributed by atoms with Crippen LogP contribution in [0.4, 0.5) is 0 Å². The van der Waals surface area contributed by atoms with Gasteiger partial charge in [-0.3, -0.25) is 4.79 Å². The third-order valence-electron chi connectivity index (χ3n) is 6.35. The van der Waals surface area contributed by atoms with Crippen LogP contribution in [-0.2, 0) is 14.3 Å². The van der Waals surface area contributed by atoms with E-state index in [0.29, 0.717) is 6.42 Å². The molecule has 2 atom stereocenters. The molecule has 0 bridgehead atoms. The molecule has 0 heterocycles. The van der Waals surface area contributed by atoms with Crippen molar-refractivity contribution in [3.63, 3.8) is 0 Å². The van der Waals surface area contributed by atoms with Crippen molar-refractivity contribution in [1.82, 2.24) is 0 Å². The molecule has 0 aliphatic rings. The summed E-state index contributed by atoms with van der Waals surface area (Å²) in [7, 11) is 0. The lowest BCUT2D eigenvalue weighted by atomic mass is 10.0. The summed E-state index contributed by atoms with van der Waals surface area (Å²) in [6, 6.07) is 0. The van der Waals surface area contributed by atoms with E-state index in [9.17, 15) is 15.0 Å². The molecule has 2 unspecified atom stereocenters. The first-order valence-corrected chi connectivity index (χ1v) is 14.3. The molecule has 0 spiro atoms. The number of aliphatic hydroxyl groups excluding tert-OH is 3. The molecule has 0 saturated heterocycles. The third-order valence-corrected chi connectivity index (χ3v) is 6.35. The van der Waals surface area contributed by atoms with Gasteiger partial charge in [-0.05, 0) is 6.42 Å². The van der Waals surface area contributed by atoms with E-state index in [-0.39, 0.29) is 25.8 Å². The van der Waals surface area contributed by atoms with E-state index in [1.807, 2.05) is 0 Å². The number of unbranched alkanes of at least 4 members (excludes halogenated alkanes) is 18. The Morgan fingerprint density at radius 2 is 1.03 bits per heavy atom. The van der Waals surface area contributed by atoms with E-state index in [0.717, 1.165) is 19.3 Å². The molecule has 0 fully saturated rings. The fraction of sp³-hybridized carbons (Fsp3) is 0.964. The molecule has 0 aromatic heterocycles. The Balaban J connectivity index is 3.30. The van der Waals surface area contributed by atoms with E-state index in [1.165, 1.54) is 103 Å². The first-order valence-electron chi connectivity index (χ1n) is 14.3. The van der Waals surface area contributed by atoms with Gasteiger partial charge in [0.05, 0.1) is 19.8 Å². The van der Waals surface area contributed by atoms with Gasteiger partial charge in [-0.2, -0.15) is 0 Å². The number of ether oxygens (including phenoxy) is 2. The van der Waals surface area contributed by atoms with E-state index >= 15 is 0 Å². The van der Waals surface area contributed by atoms with Gasteiger partial charge in [0.25, 0.3) is 0 Å². The molecule has 0 saturated carbocycles. The van der Waals surface area contributed by atoms with Gasteiger partial charge in [-0.15, -0.1) is 0 Å². The van der Waals surface area contributed by atoms with Gasteiger partial charge in [0.2, 0.25) is 0 Å². The molecule has 0 amide bonds. The number of carbonyl (C=O) groups excluding carboxylic acids is 1. The maximum absolute atomic E-state index is 11.8. The molecule has 6 heteroatoms. The topological polar surface area (TPSA) is 96.2 Å². The van der Waals surface area contributed by atoms with Crippen molar-refractivity contribution in [1.29, 1.82) is 0 Å². The maximum atomic E-state index is 11.8. The second-order valence-electron chi connectivity index (χ2n) is 9.77. The van der Waals surface area contributed by atoms with E-state index in [2.05, 4.69) is 6.92 Å². The zero-order valence-corrected chi connectivity index (χ0v) is 22.2. The highest BCUT2D eigenvalue weighted by molar-refractivity contribution is 5.69. The number of esters is 1. The van der Waals surface area contributed by atoms with Crippen LogP contribution in [-0.4, -0.2) is 59.9 Å². The Hall–Kier alpha value is -0.690. The number of hydrogen-bond acceptors (Lipinski definition) is 6. The van der Waals surface area contributed by atoms with Gasteiger partial charge in [0, 0.05) is 6.42 Å². The second kappa shape index (κ2) is 26.9. The average Bonchev–Trinajstić information content (AvgIpc) is 2.85. The standard InChI is InChI=1S/C28H56O6/c1-2-3-4-5-6-7-8-9-10-11-12-13-14-15-16-17-18-19-20-21-28(32)34-25-27(23-30)33-24-26(31)22-29/h26-27,29-31H,2-25H2,1H3. The van der Waals surface area contributed by atoms with Crippen molar-refractivity contribution >= 4 is 5.97 Å². The summed E-state index contributed by atoms with van der Waals surface area (Å²) < 4.78 is 10.3. The SMILES string of the molecule is CCCCCCCCCCCCCCCCCCCCCC(=O)OCC(CO)OCC(O)CO. The maximum Gasteiger partial charge on any atom is 0.305 e. The minimum Gasteiger partial charge on any atom is -0.463 e. The van der Waals surface area contributed by atoms with Gasteiger partial charge in [0.1, 0.15) is 18.8 Å². The molecule has 0 aromatic rings. The smallest absolute Gasteiger partial charge is 0.305 e. The van der Waals surface area contributed by atoms with Crippen LogP contribution in [0.15, 0.2) is 0 Å². The number of rotatable bonds is 27. The Labute approximate surface area is 209 Å². The highest BCUT2D eigenvalue weighted by Gasteiger charge is 2.13. The summed E-state index contributed by atoms with van der Waals surface area (Å²) in [5, 5.41) is 27.2. The van der Waals surface area contributed by atoms with Gasteiger partial charge < -0.3 is 24.8 Å². The van der Waals surface area contributed by atoms with E-state index in [1.54, 1.807) is 0 Å². The zero-order valence-electron chi connectivity index (χ0n) is 22.2. The molecule has 0 aliphatic carbocycles. The average molecular weight is 489 g/mol. The Morgan fingerprint density at radius 3 is 1.41 bits per heavy atom. The Morgan fingerprint density at radius 1 is 0.618 bits per heavy atom. The normalized spacial score (nSPS) is 13.2. The van der Waals surface area contributed by atoms with Crippen molar-refractivity contribution in [2.45, 2.75) is 148 Å². The van der Waals surface area contributed by atoms with Crippen LogP contribution in [0.25, 0.3) is 0 Å². The van der Waals surface area contributed by atoms with Crippen molar-refractivity contribution in [2.75, 3.05) is 26.4 Å². The highest BCUT2D eigenvalue weighted by atomic mass is 16.6. The second-order valence-corrected chi connectivity index (χ2v) is 9.77. The molecular formula is C28H56O6. The Bertz CT molecular complexity index is 418. The highest BCUT2D eigenvalue weighted by Crippen LogP contribution is 2.15. The van der Waals surface area contributed by atoms with Crippen LogP contribution >= 0.6 is 0 Å². The summed E-state index contributed by atoms with van der Waals surface area (Å²) in [6.45, 7) is 1.44. The van der Waals surface area contributed by atoms with Gasteiger partial charge in [0.15, 0.2) is 0 Å². The summed E-state index contributed by atoms with van der Waals surface area (Å²) in [4.78, 5) is 11.8. The molecule has 6 nitrogen and oxygen atoms in total. The predicted molar refractivity (Wildman–Crippen MR) is 139 cm³/mol. The van der Waals surface area contributed by atoms with Crippen LogP contribution in [0.1, 0.15) is 135 Å². The van der Waals surface area contributed by atoms with Crippen molar-refractivity contribution < 1.29 is 29.6 Å². The fourth-order valence-electron chi connectivity index (χ4n) is 4.06. The van der Waals surface area contributed by atoms with E-state index < -0.39 is 18.8 Å². The molecule has 3 N–H and O–H groups in total. The molecule has 0 radical (unpaired) electrons. The molecule has 34 heavy (non-hydrogen) atoms. The predicted octanol–water partition coefficient (Wildman–Crippen LogP) is 6.08. The quantitative estimate of drug-likeness (QED) is 0.0957. The monoisotopic (exact) mass is 488 g/mol. The van der Waals surface area contributed by atoms with Gasteiger partial charge in [-0.1, -0.05) is 122 Å². The zero-order chi connectivity index (χ0) is 25.1. The summed E-state index contributed by atoms with van der Waals surface area (Å²) in [5.74, 6) is -0.281. The lowest BCUT2D eigenvalue weighted by Gasteiger charge is -2.17. The molecule has 0 aromatic carbocycles. The van der Waals surface area contributed by atoms with Crippen molar-refractivity contribution in [3.05, 3.63) is 0 Å². The first kappa shape index (κ1) is 33.3. The lowest BCUT2D eigenvalue weighted by Crippen LogP contribution is -2.30.